The minimum atomic E-state index is -2.41. The summed E-state index contributed by atoms with van der Waals surface area (Å²) < 4.78 is 25.2. The lowest BCUT2D eigenvalue weighted by Crippen LogP contribution is -2.10. The van der Waals surface area contributed by atoms with Gasteiger partial charge >= 0.3 is 0 Å². The summed E-state index contributed by atoms with van der Waals surface area (Å²) in [5.41, 5.74) is 3.14. The number of halogens is 2. The van der Waals surface area contributed by atoms with Gasteiger partial charge in [0, 0.05) is 10.6 Å². The average Bonchev–Trinajstić information content (AvgIpc) is 2.47. The topological polar surface area (TPSA) is 12.0 Å². The first-order chi connectivity index (χ1) is 10.1. The van der Waals surface area contributed by atoms with E-state index in [1.807, 2.05) is 19.1 Å². The molecule has 0 heterocycles. The number of para-hydroxylation sites is 1. The molecule has 1 N–H and O–H groups in total. The van der Waals surface area contributed by atoms with Crippen LogP contribution >= 0.6 is 11.8 Å². The Balaban J connectivity index is 2.20. The third-order valence-corrected chi connectivity index (χ3v) is 4.11. The van der Waals surface area contributed by atoms with Crippen molar-refractivity contribution in [2.75, 3.05) is 5.32 Å². The van der Waals surface area contributed by atoms with Gasteiger partial charge in [-0.15, -0.1) is 0 Å². The Labute approximate surface area is 128 Å². The molecular formula is C17H19F2NS. The summed E-state index contributed by atoms with van der Waals surface area (Å²) in [6.07, 6.45) is 0.886. The first-order valence-corrected chi connectivity index (χ1v) is 7.85. The molecule has 0 aliphatic carbocycles. The Bertz CT molecular complexity index is 569. The van der Waals surface area contributed by atoms with Crippen LogP contribution in [0.3, 0.4) is 0 Å². The highest BCUT2D eigenvalue weighted by atomic mass is 32.2. The molecule has 0 spiro atoms. The van der Waals surface area contributed by atoms with Gasteiger partial charge in [-0.05, 0) is 31.0 Å². The molecule has 0 amide bonds. The second kappa shape index (κ2) is 7.46. The van der Waals surface area contributed by atoms with Gasteiger partial charge in [-0.3, -0.25) is 0 Å². The van der Waals surface area contributed by atoms with Crippen LogP contribution in [0.2, 0.25) is 0 Å². The summed E-state index contributed by atoms with van der Waals surface area (Å²) in [6.45, 7) is 4.13. The van der Waals surface area contributed by atoms with Crippen LogP contribution in [0.4, 0.5) is 14.5 Å². The van der Waals surface area contributed by atoms with Crippen LogP contribution in [0, 0.1) is 6.92 Å². The van der Waals surface area contributed by atoms with Gasteiger partial charge in [0.15, 0.2) is 0 Å². The molecule has 0 aliphatic heterocycles. The van der Waals surface area contributed by atoms with E-state index >= 15 is 0 Å². The second-order valence-electron chi connectivity index (χ2n) is 4.89. The zero-order valence-electron chi connectivity index (χ0n) is 12.1. The number of benzene rings is 2. The molecule has 4 heteroatoms. The molecule has 1 unspecified atom stereocenters. The number of aryl methyl sites for hydroxylation is 1. The second-order valence-corrected chi connectivity index (χ2v) is 5.92. The van der Waals surface area contributed by atoms with Gasteiger partial charge in [0.05, 0.1) is 6.04 Å². The normalized spacial score (nSPS) is 12.4. The molecule has 21 heavy (non-hydrogen) atoms. The van der Waals surface area contributed by atoms with E-state index in [1.54, 1.807) is 12.1 Å². The van der Waals surface area contributed by atoms with Crippen LogP contribution in [0.1, 0.15) is 30.5 Å². The van der Waals surface area contributed by atoms with Crippen molar-refractivity contribution in [2.45, 2.75) is 37.0 Å². The van der Waals surface area contributed by atoms with Gasteiger partial charge in [-0.2, -0.15) is 8.78 Å². The van der Waals surface area contributed by atoms with Crippen LogP contribution in [0.5, 0.6) is 0 Å². The Hall–Kier alpha value is -1.55. The molecule has 0 radical (unpaired) electrons. The molecule has 0 saturated heterocycles. The molecule has 0 bridgehead atoms. The van der Waals surface area contributed by atoms with Crippen molar-refractivity contribution in [2.24, 2.45) is 0 Å². The van der Waals surface area contributed by atoms with Crippen molar-refractivity contribution in [3.63, 3.8) is 0 Å². The van der Waals surface area contributed by atoms with Gasteiger partial charge in [0.25, 0.3) is 5.76 Å². The monoisotopic (exact) mass is 307 g/mol. The first-order valence-electron chi connectivity index (χ1n) is 6.97. The fourth-order valence-electron chi connectivity index (χ4n) is 2.19. The van der Waals surface area contributed by atoms with Gasteiger partial charge in [0.2, 0.25) is 0 Å². The highest BCUT2D eigenvalue weighted by Crippen LogP contribution is 2.34. The number of thioether (sulfide) groups is 1. The average molecular weight is 307 g/mol. The number of nitrogens with one attached hydrogen (secondary N) is 1. The van der Waals surface area contributed by atoms with E-state index in [0.29, 0.717) is 16.7 Å². The Morgan fingerprint density at radius 3 is 2.33 bits per heavy atom. The maximum atomic E-state index is 12.6. The fraction of sp³-hybridized carbons (Fsp3) is 0.294. The van der Waals surface area contributed by atoms with Crippen LogP contribution < -0.4 is 5.32 Å². The molecular weight excluding hydrogens is 288 g/mol. The van der Waals surface area contributed by atoms with Crippen LogP contribution in [-0.2, 0) is 0 Å². The summed E-state index contributed by atoms with van der Waals surface area (Å²) in [6, 6.07) is 15.6. The minimum absolute atomic E-state index is 0.116. The summed E-state index contributed by atoms with van der Waals surface area (Å²) >= 11 is 0.579. The number of alkyl halides is 2. The Kier molecular flexibility index (Phi) is 5.62. The highest BCUT2D eigenvalue weighted by molar-refractivity contribution is 7.99. The zero-order chi connectivity index (χ0) is 15.2. The standard InChI is InChI=1S/C17H19F2NS/c1-3-14(13-10-8-12(2)9-11-13)20-15-6-4-5-7-16(15)21-17(18)19/h4-11,14,17,20H,3H2,1-2H3. The summed E-state index contributed by atoms with van der Waals surface area (Å²) in [4.78, 5) is 0.582. The smallest absolute Gasteiger partial charge is 0.288 e. The Morgan fingerprint density at radius 2 is 1.71 bits per heavy atom. The van der Waals surface area contributed by atoms with Crippen molar-refractivity contribution >= 4 is 17.4 Å². The van der Waals surface area contributed by atoms with E-state index in [0.717, 1.165) is 12.1 Å². The number of hydrogen-bond donors (Lipinski definition) is 1. The van der Waals surface area contributed by atoms with Gasteiger partial charge in [-0.25, -0.2) is 0 Å². The Morgan fingerprint density at radius 1 is 1.05 bits per heavy atom. The predicted molar refractivity (Wildman–Crippen MR) is 86.1 cm³/mol. The third-order valence-electron chi connectivity index (χ3n) is 3.32. The van der Waals surface area contributed by atoms with Crippen molar-refractivity contribution in [3.8, 4) is 0 Å². The van der Waals surface area contributed by atoms with Crippen LogP contribution in [-0.4, -0.2) is 5.76 Å². The first kappa shape index (κ1) is 15.8. The molecule has 1 nitrogen and oxygen atoms in total. The SMILES string of the molecule is CCC(Nc1ccccc1SC(F)F)c1ccc(C)cc1. The largest absolute Gasteiger partial charge is 0.377 e. The molecule has 2 aromatic rings. The molecule has 0 aliphatic rings. The lowest BCUT2D eigenvalue weighted by molar-refractivity contribution is 0.252. The molecule has 2 aromatic carbocycles. The summed E-state index contributed by atoms with van der Waals surface area (Å²) in [5.74, 6) is -2.41. The highest BCUT2D eigenvalue weighted by Gasteiger charge is 2.13. The van der Waals surface area contributed by atoms with Crippen LogP contribution in [0.15, 0.2) is 53.4 Å². The van der Waals surface area contributed by atoms with Crippen molar-refractivity contribution in [1.82, 2.24) is 0 Å². The quantitative estimate of drug-likeness (QED) is 0.669. The zero-order valence-corrected chi connectivity index (χ0v) is 13.0. The number of hydrogen-bond acceptors (Lipinski definition) is 2. The maximum absolute atomic E-state index is 12.6. The van der Waals surface area contributed by atoms with Crippen molar-refractivity contribution in [3.05, 3.63) is 59.7 Å². The molecule has 1 atom stereocenters. The van der Waals surface area contributed by atoms with E-state index in [9.17, 15) is 8.78 Å². The third kappa shape index (κ3) is 4.46. The van der Waals surface area contributed by atoms with E-state index in [4.69, 9.17) is 0 Å². The molecule has 2 rings (SSSR count). The number of anilines is 1. The summed E-state index contributed by atoms with van der Waals surface area (Å²) in [5, 5.41) is 3.38. The van der Waals surface area contributed by atoms with Gasteiger partial charge in [0.1, 0.15) is 0 Å². The molecule has 112 valence electrons. The van der Waals surface area contributed by atoms with Crippen LogP contribution in [0.25, 0.3) is 0 Å². The predicted octanol–water partition coefficient (Wildman–Crippen LogP) is 5.87. The lowest BCUT2D eigenvalue weighted by Gasteiger charge is -2.21. The lowest BCUT2D eigenvalue weighted by atomic mass is 10.0. The van der Waals surface area contributed by atoms with E-state index in [2.05, 4.69) is 36.5 Å². The fourth-order valence-corrected chi connectivity index (χ4v) is 2.80. The minimum Gasteiger partial charge on any atom is -0.377 e. The summed E-state index contributed by atoms with van der Waals surface area (Å²) in [7, 11) is 0. The molecule has 0 fully saturated rings. The van der Waals surface area contributed by atoms with Gasteiger partial charge < -0.3 is 5.32 Å². The number of rotatable bonds is 6. The molecule has 0 aromatic heterocycles. The maximum Gasteiger partial charge on any atom is 0.288 e. The molecule has 0 saturated carbocycles. The van der Waals surface area contributed by atoms with Gasteiger partial charge in [-0.1, -0.05) is 60.6 Å². The van der Waals surface area contributed by atoms with Crippen molar-refractivity contribution in [1.29, 1.82) is 0 Å². The van der Waals surface area contributed by atoms with Crippen molar-refractivity contribution < 1.29 is 8.78 Å². The van der Waals surface area contributed by atoms with E-state index in [-0.39, 0.29) is 6.04 Å². The van der Waals surface area contributed by atoms with E-state index in [1.165, 1.54) is 11.1 Å². The van der Waals surface area contributed by atoms with E-state index < -0.39 is 5.76 Å².